The molecule has 1 N–H and O–H groups in total. The number of aryl methyl sites for hydroxylation is 2. The average molecular weight is 357 g/mol. The van der Waals surface area contributed by atoms with Gasteiger partial charge in [-0.15, -0.1) is 0 Å². The lowest BCUT2D eigenvalue weighted by molar-refractivity contribution is 0.0764. The second kappa shape index (κ2) is 7.92. The molecule has 3 atom stereocenters. The van der Waals surface area contributed by atoms with Crippen LogP contribution in [0.25, 0.3) is 0 Å². The van der Waals surface area contributed by atoms with Gasteiger partial charge in [-0.3, -0.25) is 14.3 Å². The largest absolute Gasteiger partial charge is 0.314 e. The molecule has 6 heteroatoms. The summed E-state index contributed by atoms with van der Waals surface area (Å²) in [5.41, 5.74) is 1.38. The molecule has 0 aromatic carbocycles. The summed E-state index contributed by atoms with van der Waals surface area (Å²) in [5.74, 6) is 0.659. The van der Waals surface area contributed by atoms with Crippen LogP contribution in [0.3, 0.4) is 0 Å². The zero-order chi connectivity index (χ0) is 17.9. The minimum absolute atomic E-state index is 0.502. The molecule has 6 nitrogen and oxygen atoms in total. The van der Waals surface area contributed by atoms with Crippen molar-refractivity contribution in [1.82, 2.24) is 29.8 Å². The predicted octanol–water partition coefficient (Wildman–Crippen LogP) is 2.60. The van der Waals surface area contributed by atoms with E-state index >= 15 is 0 Å². The van der Waals surface area contributed by atoms with E-state index in [2.05, 4.69) is 45.1 Å². The Labute approximate surface area is 156 Å². The van der Waals surface area contributed by atoms with E-state index in [4.69, 9.17) is 0 Å². The van der Waals surface area contributed by atoms with Gasteiger partial charge in [-0.2, -0.15) is 10.2 Å². The zero-order valence-corrected chi connectivity index (χ0v) is 16.1. The summed E-state index contributed by atoms with van der Waals surface area (Å²) in [7, 11) is 2.09. The summed E-state index contributed by atoms with van der Waals surface area (Å²) in [6.07, 6.45) is 12.3. The minimum Gasteiger partial charge on any atom is -0.314 e. The van der Waals surface area contributed by atoms with Crippen LogP contribution in [-0.2, 0) is 13.6 Å². The Balaban J connectivity index is 1.37. The lowest BCUT2D eigenvalue weighted by Crippen LogP contribution is -2.45. The third-order valence-corrected chi connectivity index (χ3v) is 6.05. The topological polar surface area (TPSA) is 50.9 Å². The molecule has 4 rings (SSSR count). The first-order chi connectivity index (χ1) is 12.7. The van der Waals surface area contributed by atoms with Crippen molar-refractivity contribution in [1.29, 1.82) is 0 Å². The minimum atomic E-state index is 0.502. The van der Waals surface area contributed by atoms with Gasteiger partial charge in [0.1, 0.15) is 0 Å². The monoisotopic (exact) mass is 356 g/mol. The first kappa shape index (κ1) is 17.7. The number of hydrogen-bond donors (Lipinski definition) is 1. The Morgan fingerprint density at radius 2 is 2.12 bits per heavy atom. The van der Waals surface area contributed by atoms with Crippen LogP contribution in [0.5, 0.6) is 0 Å². The Morgan fingerprint density at radius 3 is 2.81 bits per heavy atom. The van der Waals surface area contributed by atoms with Crippen LogP contribution in [0.1, 0.15) is 50.8 Å². The van der Waals surface area contributed by atoms with E-state index in [1.807, 2.05) is 29.3 Å². The molecular formula is C20H32N6. The van der Waals surface area contributed by atoms with Gasteiger partial charge in [-0.05, 0) is 63.6 Å². The fourth-order valence-corrected chi connectivity index (χ4v) is 4.43. The number of likely N-dealkylation sites (tertiary alicyclic amines) is 1. The molecule has 1 aliphatic carbocycles. The van der Waals surface area contributed by atoms with Gasteiger partial charge < -0.3 is 5.32 Å². The quantitative estimate of drug-likeness (QED) is 0.790. The maximum atomic E-state index is 4.45. The maximum Gasteiger partial charge on any atom is 0.0560 e. The van der Waals surface area contributed by atoms with Gasteiger partial charge in [0.2, 0.25) is 0 Å². The van der Waals surface area contributed by atoms with Crippen molar-refractivity contribution in [3.8, 4) is 0 Å². The van der Waals surface area contributed by atoms with E-state index in [1.165, 1.54) is 37.9 Å². The molecule has 0 amide bonds. The summed E-state index contributed by atoms with van der Waals surface area (Å²) < 4.78 is 4.10. The Morgan fingerprint density at radius 1 is 1.23 bits per heavy atom. The number of hydrogen-bond acceptors (Lipinski definition) is 4. The van der Waals surface area contributed by atoms with Crippen LogP contribution in [-0.4, -0.2) is 49.6 Å². The van der Waals surface area contributed by atoms with E-state index < -0.39 is 0 Å². The Bertz CT molecular complexity index is 674. The summed E-state index contributed by atoms with van der Waals surface area (Å²) >= 11 is 0. The van der Waals surface area contributed by atoms with Crippen molar-refractivity contribution < 1.29 is 0 Å². The molecule has 0 spiro atoms. The van der Waals surface area contributed by atoms with E-state index in [0.717, 1.165) is 25.6 Å². The van der Waals surface area contributed by atoms with Gasteiger partial charge >= 0.3 is 0 Å². The normalized spacial score (nSPS) is 25.5. The molecule has 142 valence electrons. The third kappa shape index (κ3) is 4.01. The van der Waals surface area contributed by atoms with Crippen LogP contribution in [0, 0.1) is 5.92 Å². The fraction of sp³-hybridized carbons (Fsp3) is 0.700. The van der Waals surface area contributed by atoms with Crippen LogP contribution < -0.4 is 5.32 Å². The summed E-state index contributed by atoms with van der Waals surface area (Å²) in [6, 6.07) is 6.03. The number of nitrogens with zero attached hydrogens (tertiary/aromatic N) is 5. The van der Waals surface area contributed by atoms with E-state index in [9.17, 15) is 0 Å². The Hall–Kier alpha value is -1.66. The first-order valence-electron chi connectivity index (χ1n) is 10.2. The van der Waals surface area contributed by atoms with Gasteiger partial charge in [0, 0.05) is 50.8 Å². The number of aromatic nitrogens is 4. The highest BCUT2D eigenvalue weighted by atomic mass is 15.3. The first-order valence-corrected chi connectivity index (χ1v) is 10.2. The highest BCUT2D eigenvalue weighted by molar-refractivity contribution is 5.12. The van der Waals surface area contributed by atoms with Crippen LogP contribution in [0.4, 0.5) is 0 Å². The second-order valence-corrected chi connectivity index (χ2v) is 8.06. The van der Waals surface area contributed by atoms with Gasteiger partial charge in [0.25, 0.3) is 0 Å². The lowest BCUT2D eigenvalue weighted by Gasteiger charge is -2.42. The van der Waals surface area contributed by atoms with Gasteiger partial charge in [0.05, 0.1) is 11.7 Å². The van der Waals surface area contributed by atoms with E-state index in [0.29, 0.717) is 18.0 Å². The van der Waals surface area contributed by atoms with Gasteiger partial charge in [-0.1, -0.05) is 0 Å². The highest BCUT2D eigenvalue weighted by Crippen LogP contribution is 2.42. The number of piperidine rings is 1. The second-order valence-electron chi connectivity index (χ2n) is 8.06. The van der Waals surface area contributed by atoms with Crippen LogP contribution in [0.2, 0.25) is 0 Å². The fourth-order valence-electron chi connectivity index (χ4n) is 4.43. The standard InChI is InChI=1S/C20H32N6/c1-16(9-14-25-12-4-10-23-25)21-15-17-5-3-13-26(18-6-7-18)20(17)19-8-11-22-24(19)2/h4,8,10-12,16-18,20-21H,3,5-7,9,13-15H2,1-2H3/t16-,17-,20+/m0/s1. The van der Waals surface area contributed by atoms with Gasteiger partial charge in [0.15, 0.2) is 0 Å². The lowest BCUT2D eigenvalue weighted by atomic mass is 9.86. The van der Waals surface area contributed by atoms with Crippen molar-refractivity contribution >= 4 is 0 Å². The maximum absolute atomic E-state index is 4.45. The van der Waals surface area contributed by atoms with Crippen LogP contribution in [0.15, 0.2) is 30.7 Å². The molecule has 2 aliphatic rings. The molecular weight excluding hydrogens is 324 g/mol. The average Bonchev–Trinajstić information content (AvgIpc) is 3.19. The SMILES string of the molecule is C[C@@H](CCn1cccn1)NC[C@@H]1CCCN(C2CC2)[C@H]1c1ccnn1C. The Kier molecular flexibility index (Phi) is 5.41. The smallest absolute Gasteiger partial charge is 0.0560 e. The molecule has 0 radical (unpaired) electrons. The van der Waals surface area contributed by atoms with E-state index in [-0.39, 0.29) is 0 Å². The van der Waals surface area contributed by atoms with Crippen molar-refractivity contribution in [2.24, 2.45) is 13.0 Å². The highest BCUT2D eigenvalue weighted by Gasteiger charge is 2.41. The molecule has 2 aromatic heterocycles. The molecule has 1 saturated carbocycles. The predicted molar refractivity (Wildman–Crippen MR) is 103 cm³/mol. The number of rotatable bonds is 8. The molecule has 1 aliphatic heterocycles. The molecule has 2 aromatic rings. The molecule has 1 saturated heterocycles. The van der Waals surface area contributed by atoms with Crippen LogP contribution >= 0.6 is 0 Å². The van der Waals surface area contributed by atoms with Crippen molar-refractivity contribution in [3.05, 3.63) is 36.4 Å². The number of nitrogens with one attached hydrogen (secondary N) is 1. The summed E-state index contributed by atoms with van der Waals surface area (Å²) in [5, 5.41) is 12.6. The molecule has 0 unspecified atom stereocenters. The third-order valence-electron chi connectivity index (χ3n) is 6.05. The van der Waals surface area contributed by atoms with Crippen molar-refractivity contribution in [3.63, 3.8) is 0 Å². The molecule has 3 heterocycles. The molecule has 26 heavy (non-hydrogen) atoms. The summed E-state index contributed by atoms with van der Waals surface area (Å²) in [4.78, 5) is 2.77. The molecule has 2 fully saturated rings. The van der Waals surface area contributed by atoms with E-state index in [1.54, 1.807) is 0 Å². The zero-order valence-electron chi connectivity index (χ0n) is 16.1. The van der Waals surface area contributed by atoms with Gasteiger partial charge in [-0.25, -0.2) is 0 Å². The molecule has 0 bridgehead atoms. The van der Waals surface area contributed by atoms with Crippen molar-refractivity contribution in [2.75, 3.05) is 13.1 Å². The summed E-state index contributed by atoms with van der Waals surface area (Å²) in [6.45, 7) is 5.60. The van der Waals surface area contributed by atoms with Crippen molar-refractivity contribution in [2.45, 2.75) is 63.7 Å².